The van der Waals surface area contributed by atoms with E-state index in [-0.39, 0.29) is 5.56 Å². The Balaban J connectivity index is 3.08. The molecule has 0 spiro atoms. The van der Waals surface area contributed by atoms with Gasteiger partial charge in [-0.2, -0.15) is 4.39 Å². The number of carbonyl (C=O) groups is 1. The van der Waals surface area contributed by atoms with Gasteiger partial charge in [-0.1, -0.05) is 0 Å². The summed E-state index contributed by atoms with van der Waals surface area (Å²) >= 11 is 1.73. The molecule has 1 heterocycles. The normalized spacial score (nSPS) is 12.5. The van der Waals surface area contributed by atoms with Crippen LogP contribution in [0.15, 0.2) is 12.3 Å². The van der Waals surface area contributed by atoms with E-state index in [2.05, 4.69) is 4.98 Å². The number of aromatic nitrogens is 1. The van der Waals surface area contributed by atoms with Crippen molar-refractivity contribution >= 4 is 28.6 Å². The minimum atomic E-state index is -1.65. The van der Waals surface area contributed by atoms with Crippen molar-refractivity contribution in [1.29, 1.82) is 0 Å². The minimum absolute atomic E-state index is 0.0921. The molecule has 0 bridgehead atoms. The number of carboxylic acid groups (broad SMARTS) is 1. The van der Waals surface area contributed by atoms with E-state index in [0.717, 1.165) is 12.3 Å². The van der Waals surface area contributed by atoms with Gasteiger partial charge in [-0.25, -0.2) is 9.78 Å². The molecular formula is C7H5FINO3. The number of hydrogen-bond donors (Lipinski definition) is 2. The smallest absolute Gasteiger partial charge is 0.337 e. The highest BCUT2D eigenvalue weighted by Crippen LogP contribution is 2.19. The van der Waals surface area contributed by atoms with Crippen molar-refractivity contribution in [2.24, 2.45) is 0 Å². The first-order chi connectivity index (χ1) is 6.02. The van der Waals surface area contributed by atoms with Crippen LogP contribution in [0.3, 0.4) is 0 Å². The number of rotatable bonds is 2. The Hall–Kier alpha value is -0.760. The highest BCUT2D eigenvalue weighted by molar-refractivity contribution is 14.1. The molecule has 6 heteroatoms. The third kappa shape index (κ3) is 2.34. The Labute approximate surface area is 86.6 Å². The fourth-order valence-electron chi connectivity index (χ4n) is 0.752. The van der Waals surface area contributed by atoms with E-state index >= 15 is 0 Å². The summed E-state index contributed by atoms with van der Waals surface area (Å²) in [6.07, 6.45) is -0.643. The zero-order valence-corrected chi connectivity index (χ0v) is 8.40. The second-order valence-corrected chi connectivity index (χ2v) is 3.43. The van der Waals surface area contributed by atoms with Crippen molar-refractivity contribution in [3.63, 3.8) is 0 Å². The average molecular weight is 297 g/mol. The quantitative estimate of drug-likeness (QED) is 0.629. The molecule has 0 saturated heterocycles. The summed E-state index contributed by atoms with van der Waals surface area (Å²) in [6, 6.07) is 1.06. The van der Waals surface area contributed by atoms with E-state index in [1.807, 2.05) is 0 Å². The van der Waals surface area contributed by atoms with Gasteiger partial charge in [0.15, 0.2) is 6.10 Å². The SMILES string of the molecule is O=C(O)C(O)c1cnc(F)cc1I. The number of halogens is 2. The Morgan fingerprint density at radius 2 is 2.31 bits per heavy atom. The highest BCUT2D eigenvalue weighted by atomic mass is 127. The molecule has 70 valence electrons. The van der Waals surface area contributed by atoms with Crippen molar-refractivity contribution in [2.75, 3.05) is 0 Å². The first-order valence-electron chi connectivity index (χ1n) is 3.24. The van der Waals surface area contributed by atoms with Crippen LogP contribution in [0.1, 0.15) is 11.7 Å². The lowest BCUT2D eigenvalue weighted by Crippen LogP contribution is -2.12. The van der Waals surface area contributed by atoms with Gasteiger partial charge in [0.2, 0.25) is 5.95 Å². The van der Waals surface area contributed by atoms with Gasteiger partial charge in [0.05, 0.1) is 0 Å². The van der Waals surface area contributed by atoms with Gasteiger partial charge >= 0.3 is 5.97 Å². The Morgan fingerprint density at radius 1 is 1.69 bits per heavy atom. The molecule has 1 unspecified atom stereocenters. The number of nitrogens with zero attached hydrogens (tertiary/aromatic N) is 1. The van der Waals surface area contributed by atoms with Crippen molar-refractivity contribution in [3.05, 3.63) is 27.3 Å². The summed E-state index contributed by atoms with van der Waals surface area (Å²) in [6.45, 7) is 0. The molecular weight excluding hydrogens is 292 g/mol. The average Bonchev–Trinajstić information content (AvgIpc) is 2.03. The Kier molecular flexibility index (Phi) is 3.15. The highest BCUT2D eigenvalue weighted by Gasteiger charge is 2.19. The number of aliphatic carboxylic acids is 1. The molecule has 0 radical (unpaired) electrons. The van der Waals surface area contributed by atoms with E-state index in [0.29, 0.717) is 3.57 Å². The van der Waals surface area contributed by atoms with E-state index in [4.69, 9.17) is 10.2 Å². The fraction of sp³-hybridized carbons (Fsp3) is 0.143. The largest absolute Gasteiger partial charge is 0.479 e. The number of aliphatic hydroxyl groups is 1. The number of carboxylic acids is 1. The van der Waals surface area contributed by atoms with Crippen LogP contribution >= 0.6 is 22.6 Å². The summed E-state index contributed by atoms with van der Waals surface area (Å²) < 4.78 is 12.8. The molecule has 13 heavy (non-hydrogen) atoms. The van der Waals surface area contributed by atoms with Crippen molar-refractivity contribution in [1.82, 2.24) is 4.98 Å². The summed E-state index contributed by atoms with van der Waals surface area (Å²) in [7, 11) is 0. The molecule has 0 fully saturated rings. The molecule has 1 atom stereocenters. The van der Waals surface area contributed by atoms with Crippen LogP contribution in [-0.2, 0) is 4.79 Å². The third-order valence-corrected chi connectivity index (χ3v) is 2.31. The summed E-state index contributed by atoms with van der Waals surface area (Å²) in [5, 5.41) is 17.6. The van der Waals surface area contributed by atoms with Gasteiger partial charge in [-0.3, -0.25) is 0 Å². The van der Waals surface area contributed by atoms with Gasteiger partial charge < -0.3 is 10.2 Å². The van der Waals surface area contributed by atoms with Gasteiger partial charge in [0.25, 0.3) is 0 Å². The van der Waals surface area contributed by atoms with Crippen LogP contribution in [0.25, 0.3) is 0 Å². The van der Waals surface area contributed by atoms with Crippen LogP contribution in [0.4, 0.5) is 4.39 Å². The second-order valence-electron chi connectivity index (χ2n) is 2.27. The van der Waals surface area contributed by atoms with E-state index in [1.54, 1.807) is 22.6 Å². The van der Waals surface area contributed by atoms with Crippen molar-refractivity contribution in [2.45, 2.75) is 6.10 Å². The first-order valence-corrected chi connectivity index (χ1v) is 4.32. The zero-order valence-electron chi connectivity index (χ0n) is 6.24. The van der Waals surface area contributed by atoms with Crippen LogP contribution in [-0.4, -0.2) is 21.2 Å². The van der Waals surface area contributed by atoms with Crippen LogP contribution < -0.4 is 0 Å². The number of hydrogen-bond acceptors (Lipinski definition) is 3. The van der Waals surface area contributed by atoms with E-state index in [9.17, 15) is 9.18 Å². The lowest BCUT2D eigenvalue weighted by Gasteiger charge is -2.06. The predicted octanol–water partition coefficient (Wildman–Crippen LogP) is 0.943. The molecule has 0 aliphatic carbocycles. The molecule has 4 nitrogen and oxygen atoms in total. The van der Waals surface area contributed by atoms with Crippen molar-refractivity contribution in [3.8, 4) is 0 Å². The number of pyridine rings is 1. The monoisotopic (exact) mass is 297 g/mol. The topological polar surface area (TPSA) is 70.4 Å². The maximum absolute atomic E-state index is 12.5. The molecule has 0 aromatic carbocycles. The summed E-state index contributed by atoms with van der Waals surface area (Å²) in [5.74, 6) is -2.09. The maximum Gasteiger partial charge on any atom is 0.337 e. The van der Waals surface area contributed by atoms with Gasteiger partial charge in [-0.15, -0.1) is 0 Å². The lowest BCUT2D eigenvalue weighted by molar-refractivity contribution is -0.147. The van der Waals surface area contributed by atoms with Gasteiger partial charge in [0, 0.05) is 21.4 Å². The van der Waals surface area contributed by atoms with Gasteiger partial charge in [0.1, 0.15) is 0 Å². The van der Waals surface area contributed by atoms with Crippen LogP contribution in [0.5, 0.6) is 0 Å². The Morgan fingerprint density at radius 3 is 2.77 bits per heavy atom. The minimum Gasteiger partial charge on any atom is -0.479 e. The third-order valence-electron chi connectivity index (χ3n) is 1.38. The van der Waals surface area contributed by atoms with E-state index < -0.39 is 18.0 Å². The first kappa shape index (κ1) is 10.3. The zero-order chi connectivity index (χ0) is 10.0. The molecule has 1 rings (SSSR count). The second kappa shape index (κ2) is 3.97. The molecule has 0 amide bonds. The Bertz CT molecular complexity index is 345. The van der Waals surface area contributed by atoms with Crippen molar-refractivity contribution < 1.29 is 19.4 Å². The molecule has 0 saturated carbocycles. The standard InChI is InChI=1S/C7H5FINO3/c8-5-1-4(9)3(2-10-5)6(11)7(12)13/h1-2,6,11H,(H,12,13). The molecule has 1 aromatic heterocycles. The molecule has 0 aliphatic rings. The fourth-order valence-corrected chi connectivity index (χ4v) is 1.44. The van der Waals surface area contributed by atoms with Crippen LogP contribution in [0, 0.1) is 9.52 Å². The lowest BCUT2D eigenvalue weighted by atomic mass is 10.2. The number of aliphatic hydroxyl groups excluding tert-OH is 1. The van der Waals surface area contributed by atoms with E-state index in [1.165, 1.54) is 0 Å². The predicted molar refractivity (Wildman–Crippen MR) is 49.5 cm³/mol. The molecule has 2 N–H and O–H groups in total. The summed E-state index contributed by atoms with van der Waals surface area (Å²) in [5.41, 5.74) is 0.0921. The molecule has 0 aliphatic heterocycles. The summed E-state index contributed by atoms with van der Waals surface area (Å²) in [4.78, 5) is 13.6. The maximum atomic E-state index is 12.5. The van der Waals surface area contributed by atoms with Gasteiger partial charge in [-0.05, 0) is 22.6 Å². The van der Waals surface area contributed by atoms with Crippen LogP contribution in [0.2, 0.25) is 0 Å². The molecule has 1 aromatic rings.